The third kappa shape index (κ3) is 3.97. The summed E-state index contributed by atoms with van der Waals surface area (Å²) >= 11 is 0. The zero-order valence-corrected chi connectivity index (χ0v) is 17.6. The molecule has 5 rings (SSSR count). The van der Waals surface area contributed by atoms with Gasteiger partial charge in [0.15, 0.2) is 5.76 Å². The van der Waals surface area contributed by atoms with E-state index in [1.807, 2.05) is 0 Å². The van der Waals surface area contributed by atoms with Crippen molar-refractivity contribution >= 4 is 35.0 Å². The minimum Gasteiger partial charge on any atom is -0.467 e. The van der Waals surface area contributed by atoms with E-state index >= 15 is 0 Å². The normalized spacial score (nSPS) is 12.5. The Bertz CT molecular complexity index is 1390. The number of anilines is 2. The van der Waals surface area contributed by atoms with Crippen LogP contribution in [-0.4, -0.2) is 28.5 Å². The van der Waals surface area contributed by atoms with E-state index in [0.717, 1.165) is 4.90 Å². The van der Waals surface area contributed by atoms with E-state index in [1.165, 1.54) is 30.7 Å². The molecule has 2 N–H and O–H groups in total. The van der Waals surface area contributed by atoms with Crippen LogP contribution in [0.5, 0.6) is 0 Å². The lowest BCUT2D eigenvalue weighted by atomic mass is 10.1. The summed E-state index contributed by atoms with van der Waals surface area (Å²) in [7, 11) is 0. The van der Waals surface area contributed by atoms with E-state index < -0.39 is 17.7 Å². The molecule has 0 unspecified atom stereocenters. The first-order valence-corrected chi connectivity index (χ1v) is 10.3. The van der Waals surface area contributed by atoms with Gasteiger partial charge in [-0.05, 0) is 66.7 Å². The minimum atomic E-state index is -0.484. The third-order valence-electron chi connectivity index (χ3n) is 5.27. The number of hydrogen-bond acceptors (Lipinski definition) is 6. The van der Waals surface area contributed by atoms with E-state index in [-0.39, 0.29) is 34.9 Å². The van der Waals surface area contributed by atoms with Crippen molar-refractivity contribution in [3.8, 4) is 0 Å². The number of imide groups is 1. The quantitative estimate of drug-likeness (QED) is 0.421. The summed E-state index contributed by atoms with van der Waals surface area (Å²) in [4.78, 5) is 51.3. The zero-order valence-electron chi connectivity index (χ0n) is 17.6. The summed E-state index contributed by atoms with van der Waals surface area (Å²) in [5.74, 6) is -1.08. The fourth-order valence-electron chi connectivity index (χ4n) is 3.57. The predicted octanol–water partition coefficient (Wildman–Crippen LogP) is 4.17. The maximum Gasteiger partial charge on any atom is 0.291 e. The molecule has 34 heavy (non-hydrogen) atoms. The van der Waals surface area contributed by atoms with Crippen molar-refractivity contribution in [1.82, 2.24) is 4.90 Å². The molecule has 0 radical (unpaired) electrons. The van der Waals surface area contributed by atoms with Gasteiger partial charge in [-0.1, -0.05) is 0 Å². The number of nitrogens with zero attached hydrogens (tertiary/aromatic N) is 1. The van der Waals surface area contributed by atoms with Crippen LogP contribution >= 0.6 is 0 Å². The number of rotatable bonds is 6. The largest absolute Gasteiger partial charge is 0.467 e. The van der Waals surface area contributed by atoms with Gasteiger partial charge in [0.1, 0.15) is 5.76 Å². The van der Waals surface area contributed by atoms with Gasteiger partial charge in [0.25, 0.3) is 23.6 Å². The molecule has 0 fully saturated rings. The van der Waals surface area contributed by atoms with Crippen LogP contribution in [0.1, 0.15) is 47.4 Å². The monoisotopic (exact) mass is 455 g/mol. The van der Waals surface area contributed by atoms with Crippen LogP contribution < -0.4 is 10.6 Å². The van der Waals surface area contributed by atoms with Crippen molar-refractivity contribution in [2.24, 2.45) is 0 Å². The Balaban J connectivity index is 1.26. The molecule has 0 saturated carbocycles. The Labute approximate surface area is 193 Å². The molecule has 9 nitrogen and oxygen atoms in total. The van der Waals surface area contributed by atoms with Crippen molar-refractivity contribution in [3.05, 3.63) is 107 Å². The van der Waals surface area contributed by atoms with E-state index in [9.17, 15) is 19.2 Å². The summed E-state index contributed by atoms with van der Waals surface area (Å²) < 4.78 is 10.3. The van der Waals surface area contributed by atoms with Crippen molar-refractivity contribution in [1.29, 1.82) is 0 Å². The van der Waals surface area contributed by atoms with E-state index in [4.69, 9.17) is 8.83 Å². The maximum absolute atomic E-state index is 12.8. The van der Waals surface area contributed by atoms with Gasteiger partial charge in [-0.2, -0.15) is 0 Å². The highest BCUT2D eigenvalue weighted by Gasteiger charge is 2.36. The van der Waals surface area contributed by atoms with E-state index in [2.05, 4.69) is 10.6 Å². The van der Waals surface area contributed by atoms with Gasteiger partial charge in [0, 0.05) is 16.9 Å². The molecule has 4 aromatic rings. The van der Waals surface area contributed by atoms with Crippen molar-refractivity contribution in [3.63, 3.8) is 0 Å². The number of carbonyl (C=O) groups is 4. The van der Waals surface area contributed by atoms with Crippen LogP contribution in [-0.2, 0) is 6.54 Å². The second-order valence-electron chi connectivity index (χ2n) is 7.50. The Morgan fingerprint density at radius 3 is 2.03 bits per heavy atom. The summed E-state index contributed by atoms with van der Waals surface area (Å²) in [5, 5.41) is 5.42. The molecular formula is C25H17N3O6. The predicted molar refractivity (Wildman–Crippen MR) is 120 cm³/mol. The Morgan fingerprint density at radius 1 is 0.735 bits per heavy atom. The SMILES string of the molecule is O=C(Nc1ccc(NC(=O)c2ccco2)cc1)c1ccc2c(c1)C(=O)N(Cc1ccco1)C2=O. The lowest BCUT2D eigenvalue weighted by molar-refractivity contribution is 0.0631. The molecule has 0 saturated heterocycles. The summed E-state index contributed by atoms with van der Waals surface area (Å²) in [6.45, 7) is 0.0175. The molecule has 4 amide bonds. The molecule has 2 aromatic carbocycles. The highest BCUT2D eigenvalue weighted by molar-refractivity contribution is 6.22. The third-order valence-corrected chi connectivity index (χ3v) is 5.27. The topological polar surface area (TPSA) is 122 Å². The molecule has 1 aliphatic heterocycles. The smallest absolute Gasteiger partial charge is 0.291 e. The average molecular weight is 455 g/mol. The van der Waals surface area contributed by atoms with Crippen molar-refractivity contribution in [2.45, 2.75) is 6.54 Å². The lowest BCUT2D eigenvalue weighted by Gasteiger charge is -2.11. The summed E-state index contributed by atoms with van der Waals surface area (Å²) in [5.41, 5.74) is 1.65. The van der Waals surface area contributed by atoms with Gasteiger partial charge in [0.2, 0.25) is 0 Å². The number of furan rings is 2. The van der Waals surface area contributed by atoms with Gasteiger partial charge in [-0.25, -0.2) is 0 Å². The van der Waals surface area contributed by atoms with Crippen LogP contribution in [0.25, 0.3) is 0 Å². The highest BCUT2D eigenvalue weighted by Crippen LogP contribution is 2.26. The molecule has 9 heteroatoms. The van der Waals surface area contributed by atoms with Gasteiger partial charge >= 0.3 is 0 Å². The van der Waals surface area contributed by atoms with Crippen LogP contribution in [0.4, 0.5) is 11.4 Å². The first-order chi connectivity index (χ1) is 16.5. The van der Waals surface area contributed by atoms with Crippen LogP contribution in [0.2, 0.25) is 0 Å². The van der Waals surface area contributed by atoms with Crippen LogP contribution in [0.15, 0.2) is 88.1 Å². The maximum atomic E-state index is 12.8. The second kappa shape index (κ2) is 8.55. The molecule has 0 atom stereocenters. The minimum absolute atomic E-state index is 0.0175. The molecule has 168 valence electrons. The lowest BCUT2D eigenvalue weighted by Crippen LogP contribution is -2.28. The summed E-state index contributed by atoms with van der Waals surface area (Å²) in [6.07, 6.45) is 2.88. The van der Waals surface area contributed by atoms with Gasteiger partial charge in [0.05, 0.1) is 30.2 Å². The number of carbonyl (C=O) groups excluding carboxylic acids is 4. The van der Waals surface area contributed by atoms with Crippen LogP contribution in [0, 0.1) is 0 Å². The second-order valence-corrected chi connectivity index (χ2v) is 7.50. The Kier molecular flexibility index (Phi) is 5.27. The number of benzene rings is 2. The van der Waals surface area contributed by atoms with E-state index in [0.29, 0.717) is 17.1 Å². The van der Waals surface area contributed by atoms with Crippen molar-refractivity contribution in [2.75, 3.05) is 10.6 Å². The van der Waals surface area contributed by atoms with E-state index in [1.54, 1.807) is 48.5 Å². The van der Waals surface area contributed by atoms with Gasteiger partial charge in [-0.3, -0.25) is 24.1 Å². The van der Waals surface area contributed by atoms with Gasteiger partial charge < -0.3 is 19.5 Å². The molecule has 0 aliphatic carbocycles. The number of hydrogen-bond donors (Lipinski definition) is 2. The number of amides is 4. The first kappa shape index (κ1) is 21.0. The zero-order chi connectivity index (χ0) is 23.7. The summed E-state index contributed by atoms with van der Waals surface area (Å²) in [6, 6.07) is 17.4. The fraction of sp³-hybridized carbons (Fsp3) is 0.0400. The van der Waals surface area contributed by atoms with Crippen molar-refractivity contribution < 1.29 is 28.0 Å². The number of fused-ring (bicyclic) bond motifs is 1. The molecule has 1 aliphatic rings. The molecule has 3 heterocycles. The molecule has 0 spiro atoms. The Morgan fingerprint density at radius 2 is 1.38 bits per heavy atom. The molecule has 2 aromatic heterocycles. The fourth-order valence-corrected chi connectivity index (χ4v) is 3.57. The van der Waals surface area contributed by atoms with Crippen LogP contribution in [0.3, 0.4) is 0 Å². The standard InChI is InChI=1S/C25H17N3O6/c29-22(26-16-6-8-17(9-7-16)27-23(30)21-4-2-12-34-21)15-5-10-19-20(13-15)25(32)28(24(19)31)14-18-3-1-11-33-18/h1-13H,14H2,(H,26,29)(H,27,30). The van der Waals surface area contributed by atoms with Gasteiger partial charge in [-0.15, -0.1) is 0 Å². The molecule has 0 bridgehead atoms. The number of nitrogens with one attached hydrogen (secondary N) is 2. The average Bonchev–Trinajstić information content (AvgIpc) is 3.60. The Hall–Kier alpha value is -4.92. The first-order valence-electron chi connectivity index (χ1n) is 10.3. The highest BCUT2D eigenvalue weighted by atomic mass is 16.3. The molecular weight excluding hydrogens is 438 g/mol.